The van der Waals surface area contributed by atoms with E-state index in [0.29, 0.717) is 23.1 Å². The lowest BCUT2D eigenvalue weighted by atomic mass is 10.1. The van der Waals surface area contributed by atoms with Gasteiger partial charge in [-0.3, -0.25) is 10.3 Å². The van der Waals surface area contributed by atoms with Gasteiger partial charge in [0.1, 0.15) is 22.9 Å². The average Bonchev–Trinajstić information content (AvgIpc) is 3.37. The van der Waals surface area contributed by atoms with Gasteiger partial charge in [0.15, 0.2) is 17.6 Å². The Balaban J connectivity index is 1.21. The third-order valence-corrected chi connectivity index (χ3v) is 7.05. The van der Waals surface area contributed by atoms with Crippen LogP contribution in [0.1, 0.15) is 11.3 Å². The van der Waals surface area contributed by atoms with E-state index in [1.54, 1.807) is 25.6 Å². The summed E-state index contributed by atoms with van der Waals surface area (Å²) in [6.07, 6.45) is 2.15. The number of fused-ring (bicyclic) bond motifs is 4. The number of hydrogen-bond donors (Lipinski definition) is 1. The van der Waals surface area contributed by atoms with E-state index in [0.717, 1.165) is 43.1 Å². The van der Waals surface area contributed by atoms with E-state index in [2.05, 4.69) is 26.3 Å². The average molecular weight is 530 g/mol. The number of nitrogens with one attached hydrogen (secondary N) is 1. The number of benzene rings is 2. The van der Waals surface area contributed by atoms with E-state index in [1.807, 2.05) is 38.1 Å². The Labute approximate surface area is 221 Å². The maximum atomic E-state index is 12.2. The van der Waals surface area contributed by atoms with Gasteiger partial charge >= 0.3 is 6.09 Å². The molecule has 0 bridgehead atoms. The molecule has 0 saturated heterocycles. The lowest BCUT2D eigenvalue weighted by Crippen LogP contribution is -2.35. The first-order valence-electron chi connectivity index (χ1n) is 11.9. The Kier molecular flexibility index (Phi) is 6.12. The molecule has 1 atom stereocenters. The number of methoxy groups -OCH3 is 1. The fourth-order valence-corrected chi connectivity index (χ4v) is 5.21. The number of pyridine rings is 1. The molecule has 38 heavy (non-hydrogen) atoms. The van der Waals surface area contributed by atoms with E-state index < -0.39 is 12.2 Å². The molecule has 5 aromatic rings. The number of hydrogen-bond acceptors (Lipinski definition) is 10. The smallest absolute Gasteiger partial charge is 0.411 e. The van der Waals surface area contributed by atoms with Crippen molar-refractivity contribution in [2.45, 2.75) is 20.0 Å². The summed E-state index contributed by atoms with van der Waals surface area (Å²) < 4.78 is 23.6. The topological polar surface area (TPSA) is 118 Å². The molecule has 6 rings (SSSR count). The molecule has 0 radical (unpaired) electrons. The number of aryl methyl sites for hydroxylation is 2. The minimum absolute atomic E-state index is 0.0357. The Morgan fingerprint density at radius 3 is 2.82 bits per heavy atom. The second-order valence-corrected chi connectivity index (χ2v) is 9.81. The van der Waals surface area contributed by atoms with Crippen molar-refractivity contribution in [2.24, 2.45) is 0 Å². The highest BCUT2D eigenvalue weighted by molar-refractivity contribution is 7.22. The molecule has 10 nitrogen and oxygen atoms in total. The van der Waals surface area contributed by atoms with E-state index in [9.17, 15) is 4.79 Å². The second kappa shape index (κ2) is 9.75. The summed E-state index contributed by atoms with van der Waals surface area (Å²) in [5, 5.41) is 3.45. The van der Waals surface area contributed by atoms with Crippen LogP contribution in [0.2, 0.25) is 0 Å². The Morgan fingerprint density at radius 2 is 2.00 bits per heavy atom. The van der Waals surface area contributed by atoms with E-state index in [4.69, 9.17) is 23.9 Å². The molecule has 192 valence electrons. The highest BCUT2D eigenvalue weighted by Gasteiger charge is 2.26. The van der Waals surface area contributed by atoms with Gasteiger partial charge in [-0.15, -0.1) is 11.3 Å². The first-order chi connectivity index (χ1) is 18.5. The minimum atomic E-state index is -0.585. The third kappa shape index (κ3) is 4.63. The van der Waals surface area contributed by atoms with Crippen molar-refractivity contribution < 1.29 is 23.7 Å². The fourth-order valence-electron chi connectivity index (χ4n) is 4.14. The molecule has 2 aromatic carbocycles. The molecule has 1 aliphatic rings. The summed E-state index contributed by atoms with van der Waals surface area (Å²) in [5.74, 6) is 1.66. The third-order valence-electron chi connectivity index (χ3n) is 5.95. The molecule has 1 amide bonds. The number of aromatic nitrogens is 4. The van der Waals surface area contributed by atoms with E-state index in [1.165, 1.54) is 11.3 Å². The van der Waals surface area contributed by atoms with Crippen molar-refractivity contribution in [3.8, 4) is 28.0 Å². The van der Waals surface area contributed by atoms with E-state index >= 15 is 0 Å². The van der Waals surface area contributed by atoms with Crippen molar-refractivity contribution in [3.05, 3.63) is 60.0 Å². The zero-order chi connectivity index (χ0) is 26.2. The number of carbonyl (C=O) groups excluding carboxylic acids is 1. The fraction of sp³-hybridized carbons (Fsp3) is 0.222. The van der Waals surface area contributed by atoms with Crippen molar-refractivity contribution in [2.75, 3.05) is 25.6 Å². The Bertz CT molecular complexity index is 1670. The van der Waals surface area contributed by atoms with Gasteiger partial charge in [0.05, 0.1) is 41.7 Å². The van der Waals surface area contributed by atoms with Crippen LogP contribution in [0.4, 0.5) is 10.5 Å². The summed E-state index contributed by atoms with van der Waals surface area (Å²) in [5.41, 5.74) is 5.64. The Morgan fingerprint density at radius 1 is 1.11 bits per heavy atom. The van der Waals surface area contributed by atoms with Gasteiger partial charge in [-0.05, 0) is 55.8 Å². The van der Waals surface area contributed by atoms with Crippen LogP contribution in [0.25, 0.3) is 31.8 Å². The summed E-state index contributed by atoms with van der Waals surface area (Å²) in [6.45, 7) is 4.15. The predicted octanol–water partition coefficient (Wildman–Crippen LogP) is 5.32. The number of rotatable bonds is 5. The summed E-state index contributed by atoms with van der Waals surface area (Å²) in [4.78, 5) is 30.3. The van der Waals surface area contributed by atoms with Crippen LogP contribution in [0, 0.1) is 13.8 Å². The number of amides is 1. The van der Waals surface area contributed by atoms with Gasteiger partial charge in [-0.25, -0.2) is 19.7 Å². The van der Waals surface area contributed by atoms with Crippen LogP contribution in [-0.4, -0.2) is 52.5 Å². The van der Waals surface area contributed by atoms with Gasteiger partial charge in [-0.1, -0.05) is 0 Å². The van der Waals surface area contributed by atoms with Crippen LogP contribution < -0.4 is 19.5 Å². The minimum Gasteiger partial charge on any atom is -0.484 e. The molecule has 0 aliphatic carbocycles. The second-order valence-electron chi connectivity index (χ2n) is 8.82. The normalized spacial score (nSPS) is 14.4. The van der Waals surface area contributed by atoms with Gasteiger partial charge in [-0.2, -0.15) is 0 Å². The number of carbonyl (C=O) groups is 1. The van der Waals surface area contributed by atoms with E-state index in [-0.39, 0.29) is 13.2 Å². The maximum absolute atomic E-state index is 12.2. The number of thiazole rings is 1. The van der Waals surface area contributed by atoms with Crippen molar-refractivity contribution in [1.29, 1.82) is 0 Å². The quantitative estimate of drug-likeness (QED) is 0.323. The molecular weight excluding hydrogens is 506 g/mol. The van der Waals surface area contributed by atoms with Crippen molar-refractivity contribution >= 4 is 44.4 Å². The molecule has 1 N–H and O–H groups in total. The zero-order valence-electron chi connectivity index (χ0n) is 20.8. The van der Waals surface area contributed by atoms with Gasteiger partial charge in [0, 0.05) is 11.3 Å². The number of ether oxygens (including phenoxy) is 4. The van der Waals surface area contributed by atoms with Crippen LogP contribution >= 0.6 is 11.3 Å². The van der Waals surface area contributed by atoms with Crippen LogP contribution in [0.5, 0.6) is 17.4 Å². The molecule has 11 heteroatoms. The zero-order valence-corrected chi connectivity index (χ0v) is 21.7. The number of nitrogens with zero attached hydrogens (tertiary/aromatic N) is 4. The molecule has 1 aliphatic heterocycles. The SMILES string of the molecule is COc1cnc2c(-c3nc4ccc5c(c4s3)OC[C@H](COC(=O)Nc3ccc(C)nc3)O5)cc(C)cc2n1. The molecule has 4 heterocycles. The first-order valence-corrected chi connectivity index (χ1v) is 12.7. The van der Waals surface area contributed by atoms with Crippen LogP contribution in [0.15, 0.2) is 48.8 Å². The number of anilines is 1. The molecule has 0 fully saturated rings. The summed E-state index contributed by atoms with van der Waals surface area (Å²) in [6, 6.07) is 11.3. The van der Waals surface area contributed by atoms with Gasteiger partial charge < -0.3 is 18.9 Å². The summed E-state index contributed by atoms with van der Waals surface area (Å²) in [7, 11) is 1.57. The van der Waals surface area contributed by atoms with Gasteiger partial charge in [0.25, 0.3) is 0 Å². The monoisotopic (exact) mass is 529 g/mol. The highest BCUT2D eigenvalue weighted by atomic mass is 32.1. The molecule has 0 saturated carbocycles. The predicted molar refractivity (Wildman–Crippen MR) is 143 cm³/mol. The lowest BCUT2D eigenvalue weighted by molar-refractivity contribution is 0.0383. The molecule has 3 aromatic heterocycles. The molecule has 0 unspecified atom stereocenters. The van der Waals surface area contributed by atoms with Crippen LogP contribution in [0.3, 0.4) is 0 Å². The van der Waals surface area contributed by atoms with Crippen molar-refractivity contribution in [1.82, 2.24) is 19.9 Å². The largest absolute Gasteiger partial charge is 0.484 e. The lowest BCUT2D eigenvalue weighted by Gasteiger charge is -2.26. The van der Waals surface area contributed by atoms with Gasteiger partial charge in [0.2, 0.25) is 5.88 Å². The maximum Gasteiger partial charge on any atom is 0.411 e. The molecular formula is C27H23N5O5S. The first kappa shape index (κ1) is 23.9. The summed E-state index contributed by atoms with van der Waals surface area (Å²) >= 11 is 1.50. The molecule has 0 spiro atoms. The van der Waals surface area contributed by atoms with Crippen LogP contribution in [-0.2, 0) is 4.74 Å². The Hall–Kier alpha value is -4.51. The standard InChI is InChI=1S/C27H23N5O5S/c1-14-8-18(23-20(9-14)31-22(34-3)11-29-23)26-32-19-6-7-21-24(25(19)38-26)35-12-17(37-21)13-36-27(33)30-16-5-4-15(2)28-10-16/h4-11,17H,12-13H2,1-3H3,(H,30,33)/t17-/m1/s1. The van der Waals surface area contributed by atoms with Crippen molar-refractivity contribution in [3.63, 3.8) is 0 Å². The highest BCUT2D eigenvalue weighted by Crippen LogP contribution is 2.44.